The topological polar surface area (TPSA) is 63.6 Å². The van der Waals surface area contributed by atoms with Gasteiger partial charge in [0.1, 0.15) is 11.5 Å². The summed E-state index contributed by atoms with van der Waals surface area (Å²) in [5.41, 5.74) is 0.637. The van der Waals surface area contributed by atoms with Crippen LogP contribution in [0.3, 0.4) is 0 Å². The van der Waals surface area contributed by atoms with Crippen molar-refractivity contribution >= 4 is 11.8 Å². The Morgan fingerprint density at radius 3 is 2.43 bits per heavy atom. The number of ketones is 1. The van der Waals surface area contributed by atoms with Crippen molar-refractivity contribution in [1.82, 2.24) is 0 Å². The summed E-state index contributed by atoms with van der Waals surface area (Å²) < 4.78 is 4.98. The zero-order valence-electron chi connectivity index (χ0n) is 11.4. The van der Waals surface area contributed by atoms with Crippen molar-refractivity contribution in [2.24, 2.45) is 0 Å². The molecule has 0 fully saturated rings. The molecule has 106 valence electrons. The van der Waals surface area contributed by atoms with E-state index < -0.39 is 5.97 Å². The molecule has 0 amide bonds. The first-order chi connectivity index (χ1) is 10.1. The lowest BCUT2D eigenvalue weighted by molar-refractivity contribution is -0.129. The number of aromatic hydroxyl groups is 1. The Hall–Kier alpha value is -2.88. The second-order valence-corrected chi connectivity index (χ2v) is 4.30. The molecule has 4 nitrogen and oxygen atoms in total. The molecule has 21 heavy (non-hydrogen) atoms. The molecule has 0 unspecified atom stereocenters. The molecule has 0 radical (unpaired) electrons. The summed E-state index contributed by atoms with van der Waals surface area (Å²) >= 11 is 0. The number of allylic oxidation sites excluding steroid dienone is 1. The predicted octanol–water partition coefficient (Wildman–Crippen LogP) is 3.10. The SMILES string of the molecule is CC=CC(=O)Oc1ccc(C(=O)c2ccccc2)c(O)c1. The summed E-state index contributed by atoms with van der Waals surface area (Å²) in [5, 5.41) is 9.94. The highest BCUT2D eigenvalue weighted by atomic mass is 16.5. The fraction of sp³-hybridized carbons (Fsp3) is 0.0588. The molecule has 2 aromatic carbocycles. The number of rotatable bonds is 4. The maximum atomic E-state index is 12.2. The van der Waals surface area contributed by atoms with E-state index in [-0.39, 0.29) is 22.8 Å². The number of phenolic OH excluding ortho intramolecular Hbond substituents is 1. The van der Waals surface area contributed by atoms with Gasteiger partial charge in [-0.3, -0.25) is 4.79 Å². The molecule has 2 rings (SSSR count). The minimum absolute atomic E-state index is 0.159. The van der Waals surface area contributed by atoms with Crippen molar-refractivity contribution in [3.8, 4) is 11.5 Å². The molecule has 4 heteroatoms. The van der Waals surface area contributed by atoms with Gasteiger partial charge in [0.05, 0.1) is 5.56 Å². The van der Waals surface area contributed by atoms with Gasteiger partial charge in [-0.15, -0.1) is 0 Å². The van der Waals surface area contributed by atoms with Crippen molar-refractivity contribution in [3.05, 3.63) is 71.8 Å². The Labute approximate surface area is 122 Å². The van der Waals surface area contributed by atoms with Crippen LogP contribution in [0, 0.1) is 0 Å². The van der Waals surface area contributed by atoms with Gasteiger partial charge in [0, 0.05) is 17.7 Å². The lowest BCUT2D eigenvalue weighted by Gasteiger charge is -2.06. The van der Waals surface area contributed by atoms with Crippen LogP contribution in [0.15, 0.2) is 60.7 Å². The normalized spacial score (nSPS) is 10.5. The van der Waals surface area contributed by atoms with Crippen LogP contribution in [-0.4, -0.2) is 16.9 Å². The molecule has 0 atom stereocenters. The van der Waals surface area contributed by atoms with Crippen LogP contribution >= 0.6 is 0 Å². The second kappa shape index (κ2) is 6.52. The monoisotopic (exact) mass is 282 g/mol. The zero-order chi connectivity index (χ0) is 15.2. The number of carbonyl (C=O) groups excluding carboxylic acids is 2. The van der Waals surface area contributed by atoms with Gasteiger partial charge in [-0.1, -0.05) is 36.4 Å². The highest BCUT2D eigenvalue weighted by molar-refractivity contribution is 6.10. The van der Waals surface area contributed by atoms with Crippen LogP contribution in [0.25, 0.3) is 0 Å². The number of esters is 1. The van der Waals surface area contributed by atoms with Gasteiger partial charge in [0.2, 0.25) is 0 Å². The first-order valence-corrected chi connectivity index (χ1v) is 6.39. The fourth-order valence-corrected chi connectivity index (χ4v) is 1.80. The maximum Gasteiger partial charge on any atom is 0.335 e. The van der Waals surface area contributed by atoms with Gasteiger partial charge in [-0.05, 0) is 19.1 Å². The maximum absolute atomic E-state index is 12.2. The molecule has 0 spiro atoms. The first-order valence-electron chi connectivity index (χ1n) is 6.39. The average molecular weight is 282 g/mol. The summed E-state index contributed by atoms with van der Waals surface area (Å²) in [6.07, 6.45) is 2.82. The van der Waals surface area contributed by atoms with Crippen molar-refractivity contribution in [1.29, 1.82) is 0 Å². The molecule has 2 aromatic rings. The van der Waals surface area contributed by atoms with Crippen LogP contribution in [-0.2, 0) is 4.79 Å². The largest absolute Gasteiger partial charge is 0.507 e. The summed E-state index contributed by atoms with van der Waals surface area (Å²) in [6.45, 7) is 1.69. The fourth-order valence-electron chi connectivity index (χ4n) is 1.80. The number of phenols is 1. The van der Waals surface area contributed by atoms with Gasteiger partial charge in [-0.2, -0.15) is 0 Å². The van der Waals surface area contributed by atoms with Gasteiger partial charge in [-0.25, -0.2) is 4.79 Å². The smallest absolute Gasteiger partial charge is 0.335 e. The van der Waals surface area contributed by atoms with Crippen LogP contribution < -0.4 is 4.74 Å². The van der Waals surface area contributed by atoms with E-state index >= 15 is 0 Å². The van der Waals surface area contributed by atoms with Crippen LogP contribution in [0.5, 0.6) is 11.5 Å². The van der Waals surface area contributed by atoms with Crippen molar-refractivity contribution in [2.75, 3.05) is 0 Å². The molecule has 0 aliphatic rings. The Balaban J connectivity index is 2.24. The Bertz CT molecular complexity index is 687. The lowest BCUT2D eigenvalue weighted by atomic mass is 10.0. The van der Waals surface area contributed by atoms with E-state index in [1.165, 1.54) is 24.3 Å². The van der Waals surface area contributed by atoms with Gasteiger partial charge in [0.15, 0.2) is 5.78 Å². The van der Waals surface area contributed by atoms with Crippen LogP contribution in [0.4, 0.5) is 0 Å². The van der Waals surface area contributed by atoms with E-state index in [0.717, 1.165) is 0 Å². The van der Waals surface area contributed by atoms with Crippen LogP contribution in [0.1, 0.15) is 22.8 Å². The molecular formula is C17H14O4. The minimum Gasteiger partial charge on any atom is -0.507 e. The zero-order valence-corrected chi connectivity index (χ0v) is 11.4. The molecule has 0 aliphatic carbocycles. The molecule has 0 bridgehead atoms. The van der Waals surface area contributed by atoms with E-state index in [4.69, 9.17) is 4.74 Å². The van der Waals surface area contributed by atoms with Gasteiger partial charge < -0.3 is 9.84 Å². The van der Waals surface area contributed by atoms with E-state index in [0.29, 0.717) is 5.56 Å². The third kappa shape index (κ3) is 3.57. The van der Waals surface area contributed by atoms with Crippen molar-refractivity contribution in [2.45, 2.75) is 6.92 Å². The van der Waals surface area contributed by atoms with E-state index in [1.54, 1.807) is 43.3 Å². The Kier molecular flexibility index (Phi) is 4.51. The average Bonchev–Trinajstić information content (AvgIpc) is 2.48. The summed E-state index contributed by atoms with van der Waals surface area (Å²) in [7, 11) is 0. The van der Waals surface area contributed by atoms with E-state index in [1.807, 2.05) is 0 Å². The highest BCUT2D eigenvalue weighted by Crippen LogP contribution is 2.26. The summed E-state index contributed by atoms with van der Waals surface area (Å²) in [4.78, 5) is 23.5. The Morgan fingerprint density at radius 2 is 1.81 bits per heavy atom. The third-order valence-corrected chi connectivity index (χ3v) is 2.77. The van der Waals surface area contributed by atoms with Crippen LogP contribution in [0.2, 0.25) is 0 Å². The number of ether oxygens (including phenoxy) is 1. The van der Waals surface area contributed by atoms with E-state index in [9.17, 15) is 14.7 Å². The quantitative estimate of drug-likeness (QED) is 0.405. The molecule has 0 aliphatic heterocycles. The Morgan fingerprint density at radius 1 is 1.10 bits per heavy atom. The molecule has 0 saturated heterocycles. The highest BCUT2D eigenvalue weighted by Gasteiger charge is 2.14. The molecular weight excluding hydrogens is 268 g/mol. The van der Waals surface area contributed by atoms with Gasteiger partial charge >= 0.3 is 5.97 Å². The first kappa shape index (κ1) is 14.5. The number of hydrogen-bond donors (Lipinski definition) is 1. The minimum atomic E-state index is -0.543. The second-order valence-electron chi connectivity index (χ2n) is 4.30. The molecule has 0 heterocycles. The van der Waals surface area contributed by atoms with E-state index in [2.05, 4.69) is 0 Å². The number of benzene rings is 2. The van der Waals surface area contributed by atoms with Crippen molar-refractivity contribution < 1.29 is 19.4 Å². The summed E-state index contributed by atoms with van der Waals surface area (Å²) in [5.74, 6) is -0.881. The predicted molar refractivity (Wildman–Crippen MR) is 78.4 cm³/mol. The molecule has 0 saturated carbocycles. The standard InChI is InChI=1S/C17H14O4/c1-2-6-16(19)21-13-9-10-14(15(18)11-13)17(20)12-7-4-3-5-8-12/h2-11,18H,1H3. The molecule has 0 aromatic heterocycles. The van der Waals surface area contributed by atoms with Crippen molar-refractivity contribution in [3.63, 3.8) is 0 Å². The van der Waals surface area contributed by atoms with Gasteiger partial charge in [0.25, 0.3) is 0 Å². The summed E-state index contributed by atoms with van der Waals surface area (Å²) in [6, 6.07) is 12.8. The lowest BCUT2D eigenvalue weighted by Crippen LogP contribution is -2.05. The molecule has 1 N–H and O–H groups in total. The third-order valence-electron chi connectivity index (χ3n) is 2.77. The number of hydrogen-bond acceptors (Lipinski definition) is 4. The number of carbonyl (C=O) groups is 2.